The van der Waals surface area contributed by atoms with Crippen molar-refractivity contribution >= 4 is 41.0 Å². The summed E-state index contributed by atoms with van der Waals surface area (Å²) >= 11 is 3.26. The summed E-state index contributed by atoms with van der Waals surface area (Å²) in [5.74, 6) is 0.478. The summed E-state index contributed by atoms with van der Waals surface area (Å²) in [6, 6.07) is 25.3. The van der Waals surface area contributed by atoms with Crippen LogP contribution in [0.1, 0.15) is 26.9 Å². The van der Waals surface area contributed by atoms with Crippen molar-refractivity contribution in [3.05, 3.63) is 95.6 Å². The molecule has 4 nitrogen and oxygen atoms in total. The molecule has 3 aromatic carbocycles. The predicted molar refractivity (Wildman–Crippen MR) is 125 cm³/mol. The third-order valence-corrected chi connectivity index (χ3v) is 6.93. The summed E-state index contributed by atoms with van der Waals surface area (Å²) in [6.07, 6.45) is 2.01. The summed E-state index contributed by atoms with van der Waals surface area (Å²) in [5.41, 5.74) is 3.52. The molecular formula is C24H22N2O2S2. The molecule has 3 aromatic rings. The molecule has 30 heavy (non-hydrogen) atoms. The molecule has 0 saturated carbocycles. The van der Waals surface area contributed by atoms with Crippen LogP contribution in [0.15, 0.2) is 83.8 Å². The van der Waals surface area contributed by atoms with Crippen LogP contribution in [0.2, 0.25) is 0 Å². The quantitative estimate of drug-likeness (QED) is 0.525. The first-order valence-corrected chi connectivity index (χ1v) is 11.9. The van der Waals surface area contributed by atoms with E-state index in [9.17, 15) is 9.59 Å². The van der Waals surface area contributed by atoms with Gasteiger partial charge in [-0.2, -0.15) is 0 Å². The highest BCUT2D eigenvalue weighted by atomic mass is 32.2. The van der Waals surface area contributed by atoms with Gasteiger partial charge in [-0.15, -0.1) is 23.5 Å². The van der Waals surface area contributed by atoms with Crippen LogP contribution in [0.4, 0.5) is 5.69 Å². The van der Waals surface area contributed by atoms with Crippen LogP contribution in [0.25, 0.3) is 0 Å². The predicted octanol–water partition coefficient (Wildman–Crippen LogP) is 5.44. The van der Waals surface area contributed by atoms with E-state index in [0.717, 1.165) is 21.7 Å². The normalized spacial score (nSPS) is 16.0. The highest BCUT2D eigenvalue weighted by molar-refractivity contribution is 8.00. The average Bonchev–Trinajstić information content (AvgIpc) is 3.14. The van der Waals surface area contributed by atoms with E-state index in [1.807, 2.05) is 90.0 Å². The van der Waals surface area contributed by atoms with Gasteiger partial charge in [0.15, 0.2) is 0 Å². The van der Waals surface area contributed by atoms with Crippen molar-refractivity contribution in [1.82, 2.24) is 4.90 Å². The van der Waals surface area contributed by atoms with E-state index in [4.69, 9.17) is 0 Å². The number of amides is 2. The maximum Gasteiger partial charge on any atom is 0.255 e. The van der Waals surface area contributed by atoms with Crippen LogP contribution in [0.5, 0.6) is 0 Å². The Balaban J connectivity index is 1.46. The molecule has 2 amide bonds. The van der Waals surface area contributed by atoms with Crippen LogP contribution < -0.4 is 5.32 Å². The van der Waals surface area contributed by atoms with Crippen molar-refractivity contribution in [2.75, 3.05) is 17.3 Å². The minimum Gasteiger partial charge on any atom is -0.322 e. The summed E-state index contributed by atoms with van der Waals surface area (Å²) in [4.78, 5) is 28.1. The first-order valence-electron chi connectivity index (χ1n) is 9.64. The number of anilines is 1. The summed E-state index contributed by atoms with van der Waals surface area (Å²) in [6.45, 7) is 0.589. The molecule has 0 bridgehead atoms. The molecule has 6 heteroatoms. The van der Waals surface area contributed by atoms with Gasteiger partial charge in [0.05, 0.1) is 5.75 Å². The smallest absolute Gasteiger partial charge is 0.255 e. The van der Waals surface area contributed by atoms with Crippen molar-refractivity contribution < 1.29 is 9.59 Å². The topological polar surface area (TPSA) is 49.4 Å². The lowest BCUT2D eigenvalue weighted by molar-refractivity contribution is -0.128. The standard InChI is InChI=1S/C24H22N2O2S2/c1-29-21-9-5-8-20(14-21)25-23(28)18-10-12-19(13-11-18)24-26(22(27)16-30-24)15-17-6-3-2-4-7-17/h2-14,24H,15-16H2,1H3,(H,25,28)/t24-/m0/s1. The lowest BCUT2D eigenvalue weighted by atomic mass is 10.1. The molecule has 0 aliphatic carbocycles. The summed E-state index contributed by atoms with van der Waals surface area (Å²) < 4.78 is 0. The monoisotopic (exact) mass is 434 g/mol. The SMILES string of the molecule is CSc1cccc(NC(=O)c2ccc([C@@H]3SCC(=O)N3Cc3ccccc3)cc2)c1. The zero-order chi connectivity index (χ0) is 20.9. The van der Waals surface area contributed by atoms with Crippen molar-refractivity contribution in [2.24, 2.45) is 0 Å². The van der Waals surface area contributed by atoms with Gasteiger partial charge in [0.25, 0.3) is 5.91 Å². The van der Waals surface area contributed by atoms with Gasteiger partial charge >= 0.3 is 0 Å². The first kappa shape index (κ1) is 20.6. The summed E-state index contributed by atoms with van der Waals surface area (Å²) in [5, 5.41) is 2.91. The molecule has 1 saturated heterocycles. The fraction of sp³-hybridized carbons (Fsp3) is 0.167. The average molecular weight is 435 g/mol. The number of carbonyl (C=O) groups is 2. The number of benzene rings is 3. The fourth-order valence-electron chi connectivity index (χ4n) is 3.38. The van der Waals surface area contributed by atoms with Gasteiger partial charge in [0.1, 0.15) is 5.37 Å². The highest BCUT2D eigenvalue weighted by Gasteiger charge is 2.32. The van der Waals surface area contributed by atoms with Gasteiger partial charge in [-0.05, 0) is 47.7 Å². The molecule has 0 aromatic heterocycles. The minimum atomic E-state index is -0.143. The molecule has 0 unspecified atom stereocenters. The molecule has 1 aliphatic rings. The van der Waals surface area contributed by atoms with Gasteiger partial charge < -0.3 is 10.2 Å². The minimum absolute atomic E-state index is 0.0342. The van der Waals surface area contributed by atoms with Gasteiger partial charge in [-0.1, -0.05) is 48.5 Å². The van der Waals surface area contributed by atoms with Gasteiger partial charge in [-0.25, -0.2) is 0 Å². The molecule has 152 valence electrons. The maximum absolute atomic E-state index is 12.6. The van der Waals surface area contributed by atoms with Gasteiger partial charge in [0.2, 0.25) is 5.91 Å². The Morgan fingerprint density at radius 1 is 1.07 bits per heavy atom. The third-order valence-electron chi connectivity index (χ3n) is 4.95. The Morgan fingerprint density at radius 2 is 1.83 bits per heavy atom. The molecule has 1 heterocycles. The second kappa shape index (κ2) is 9.41. The zero-order valence-electron chi connectivity index (χ0n) is 16.6. The van der Waals surface area contributed by atoms with E-state index in [-0.39, 0.29) is 17.2 Å². The molecule has 1 atom stereocenters. The molecule has 0 spiro atoms. The van der Waals surface area contributed by atoms with Crippen LogP contribution in [-0.4, -0.2) is 28.7 Å². The number of carbonyl (C=O) groups excluding carboxylic acids is 2. The van der Waals surface area contributed by atoms with Crippen molar-refractivity contribution in [2.45, 2.75) is 16.8 Å². The van der Waals surface area contributed by atoms with Crippen molar-refractivity contribution in [1.29, 1.82) is 0 Å². The van der Waals surface area contributed by atoms with E-state index < -0.39 is 0 Å². The summed E-state index contributed by atoms with van der Waals surface area (Å²) in [7, 11) is 0. The van der Waals surface area contributed by atoms with E-state index in [2.05, 4.69) is 5.32 Å². The number of hydrogen-bond acceptors (Lipinski definition) is 4. The molecule has 4 rings (SSSR count). The van der Waals surface area contributed by atoms with Gasteiger partial charge in [-0.3, -0.25) is 9.59 Å². The van der Waals surface area contributed by atoms with E-state index >= 15 is 0 Å². The van der Waals surface area contributed by atoms with Crippen LogP contribution in [0, 0.1) is 0 Å². The number of thioether (sulfide) groups is 2. The van der Waals surface area contributed by atoms with Crippen LogP contribution >= 0.6 is 23.5 Å². The molecular weight excluding hydrogens is 412 g/mol. The lowest BCUT2D eigenvalue weighted by Crippen LogP contribution is -2.27. The van der Waals surface area contributed by atoms with Crippen molar-refractivity contribution in [3.63, 3.8) is 0 Å². The Morgan fingerprint density at radius 3 is 2.57 bits per heavy atom. The van der Waals surface area contributed by atoms with E-state index in [1.54, 1.807) is 23.5 Å². The molecule has 0 radical (unpaired) electrons. The fourth-order valence-corrected chi connectivity index (χ4v) is 5.03. The van der Waals surface area contributed by atoms with E-state index in [1.165, 1.54) is 0 Å². The molecule has 1 fully saturated rings. The second-order valence-corrected chi connectivity index (χ2v) is 8.93. The lowest BCUT2D eigenvalue weighted by Gasteiger charge is -2.24. The molecule has 1 aliphatic heterocycles. The number of rotatable bonds is 6. The Bertz CT molecular complexity index is 1040. The highest BCUT2D eigenvalue weighted by Crippen LogP contribution is 2.39. The number of hydrogen-bond donors (Lipinski definition) is 1. The zero-order valence-corrected chi connectivity index (χ0v) is 18.2. The number of nitrogens with one attached hydrogen (secondary N) is 1. The van der Waals surface area contributed by atoms with Crippen LogP contribution in [-0.2, 0) is 11.3 Å². The Labute approximate surface area is 185 Å². The molecule has 1 N–H and O–H groups in total. The third kappa shape index (κ3) is 4.71. The largest absolute Gasteiger partial charge is 0.322 e. The van der Waals surface area contributed by atoms with Gasteiger partial charge in [0, 0.05) is 22.7 Å². The Kier molecular flexibility index (Phi) is 6.45. The number of nitrogens with zero attached hydrogens (tertiary/aromatic N) is 1. The maximum atomic E-state index is 12.6. The van der Waals surface area contributed by atoms with Crippen molar-refractivity contribution in [3.8, 4) is 0 Å². The second-order valence-electron chi connectivity index (χ2n) is 6.98. The van der Waals surface area contributed by atoms with E-state index in [0.29, 0.717) is 17.9 Å². The first-order chi connectivity index (χ1) is 14.6. The van der Waals surface area contributed by atoms with Crippen LogP contribution in [0.3, 0.4) is 0 Å². The Hall–Kier alpha value is -2.70.